The zero-order chi connectivity index (χ0) is 21.1. The Balaban J connectivity index is 4.17. The van der Waals surface area contributed by atoms with Crippen LogP contribution in [0.15, 0.2) is 0 Å². The third-order valence-electron chi connectivity index (χ3n) is 5.48. The molecule has 0 saturated carbocycles. The Kier molecular flexibility index (Phi) is 17.8. The van der Waals surface area contributed by atoms with Gasteiger partial charge in [0.15, 0.2) is 5.41 Å². The van der Waals surface area contributed by atoms with Crippen molar-refractivity contribution in [1.29, 1.82) is 0 Å². The highest BCUT2D eigenvalue weighted by Gasteiger charge is 2.45. The molecule has 0 aliphatic carbocycles. The summed E-state index contributed by atoms with van der Waals surface area (Å²) >= 11 is 5.66. The Morgan fingerprint density at radius 1 is 0.643 bits per heavy atom. The van der Waals surface area contributed by atoms with E-state index in [0.29, 0.717) is 26.1 Å². The molecule has 0 aromatic heterocycles. The number of halogens is 1. The van der Waals surface area contributed by atoms with Crippen LogP contribution in [0.25, 0.3) is 0 Å². The summed E-state index contributed by atoms with van der Waals surface area (Å²) in [6, 6.07) is 0. The maximum absolute atomic E-state index is 12.6. The van der Waals surface area contributed by atoms with Crippen molar-refractivity contribution in [2.75, 3.05) is 19.1 Å². The number of unbranched alkanes of at least 4 members (excludes halogenated alkanes) is 10. The highest BCUT2D eigenvalue weighted by atomic mass is 35.5. The summed E-state index contributed by atoms with van der Waals surface area (Å²) in [5.74, 6) is -0.118. The number of alkyl halides is 1. The number of carbonyl (C=O) groups is 2. The summed E-state index contributed by atoms with van der Waals surface area (Å²) in [6.45, 7) is 6.67. The van der Waals surface area contributed by atoms with E-state index in [1.807, 2.05) is 13.8 Å². The van der Waals surface area contributed by atoms with E-state index in [1.165, 1.54) is 32.1 Å². The second kappa shape index (κ2) is 18.3. The van der Waals surface area contributed by atoms with Gasteiger partial charge in [-0.05, 0) is 32.1 Å². The summed E-state index contributed by atoms with van der Waals surface area (Å²) in [7, 11) is 0. The van der Waals surface area contributed by atoms with Gasteiger partial charge in [-0.1, -0.05) is 78.6 Å². The zero-order valence-electron chi connectivity index (χ0n) is 18.5. The highest BCUT2D eigenvalue weighted by Crippen LogP contribution is 2.30. The fraction of sp³-hybridized carbons (Fsp3) is 0.913. The lowest BCUT2D eigenvalue weighted by molar-refractivity contribution is -0.173. The molecule has 4 nitrogen and oxygen atoms in total. The second-order valence-electron chi connectivity index (χ2n) is 7.64. The first-order valence-electron chi connectivity index (χ1n) is 11.5. The lowest BCUT2D eigenvalue weighted by Gasteiger charge is -2.27. The lowest BCUT2D eigenvalue weighted by Crippen LogP contribution is -2.41. The van der Waals surface area contributed by atoms with Gasteiger partial charge in [-0.25, -0.2) is 0 Å². The van der Waals surface area contributed by atoms with E-state index in [1.54, 1.807) is 0 Å². The topological polar surface area (TPSA) is 52.6 Å². The van der Waals surface area contributed by atoms with Crippen molar-refractivity contribution in [3.63, 3.8) is 0 Å². The highest BCUT2D eigenvalue weighted by molar-refractivity contribution is 6.17. The average molecular weight is 419 g/mol. The number of hydrogen-bond donors (Lipinski definition) is 0. The van der Waals surface area contributed by atoms with Crippen LogP contribution in [0.4, 0.5) is 0 Å². The third-order valence-corrected chi connectivity index (χ3v) is 5.75. The van der Waals surface area contributed by atoms with Gasteiger partial charge in [0, 0.05) is 5.88 Å². The maximum Gasteiger partial charge on any atom is 0.323 e. The molecular formula is C23H43ClO4. The molecule has 0 fully saturated rings. The van der Waals surface area contributed by atoms with Gasteiger partial charge in [-0.2, -0.15) is 0 Å². The van der Waals surface area contributed by atoms with Crippen molar-refractivity contribution in [2.45, 2.75) is 111 Å². The Morgan fingerprint density at radius 3 is 1.43 bits per heavy atom. The van der Waals surface area contributed by atoms with Gasteiger partial charge in [0.1, 0.15) is 0 Å². The number of carbonyl (C=O) groups excluding carboxylic acids is 2. The van der Waals surface area contributed by atoms with Crippen LogP contribution in [0.2, 0.25) is 0 Å². The molecule has 0 N–H and O–H groups in total. The van der Waals surface area contributed by atoms with Gasteiger partial charge < -0.3 is 9.47 Å². The largest absolute Gasteiger partial charge is 0.465 e. The Hall–Kier alpha value is -0.770. The molecule has 0 amide bonds. The number of rotatable bonds is 19. The predicted octanol–water partition coefficient (Wildman–Crippen LogP) is 6.82. The quantitative estimate of drug-likeness (QED) is 0.0998. The first kappa shape index (κ1) is 27.2. The summed E-state index contributed by atoms with van der Waals surface area (Å²) in [5.41, 5.74) is -1.15. The molecule has 0 aliphatic rings. The van der Waals surface area contributed by atoms with Gasteiger partial charge >= 0.3 is 11.9 Å². The number of ether oxygens (including phenoxy) is 2. The molecule has 0 aliphatic heterocycles. The molecule has 0 aromatic carbocycles. The Bertz CT molecular complexity index is 394. The van der Waals surface area contributed by atoms with E-state index in [2.05, 4.69) is 6.92 Å². The van der Waals surface area contributed by atoms with E-state index in [0.717, 1.165) is 50.8 Å². The van der Waals surface area contributed by atoms with Crippen LogP contribution in [0.3, 0.4) is 0 Å². The van der Waals surface area contributed by atoms with Gasteiger partial charge in [0.25, 0.3) is 0 Å². The molecule has 0 heterocycles. The van der Waals surface area contributed by atoms with Crippen molar-refractivity contribution in [1.82, 2.24) is 0 Å². The molecule has 0 unspecified atom stereocenters. The van der Waals surface area contributed by atoms with E-state index < -0.39 is 17.4 Å². The standard InChI is InChI=1S/C23H43ClO4/c1-4-7-8-9-13-16-19-27-21(25)23(5-2,6-3)22(26)28-20-17-14-11-10-12-15-18-24/h4-20H2,1-3H3. The van der Waals surface area contributed by atoms with Crippen LogP contribution < -0.4 is 0 Å². The van der Waals surface area contributed by atoms with Gasteiger partial charge in [0.2, 0.25) is 0 Å². The van der Waals surface area contributed by atoms with Crippen LogP contribution in [-0.4, -0.2) is 31.0 Å². The van der Waals surface area contributed by atoms with Gasteiger partial charge in [-0.15, -0.1) is 11.6 Å². The monoisotopic (exact) mass is 418 g/mol. The minimum atomic E-state index is -1.15. The molecule has 0 radical (unpaired) electrons. The third kappa shape index (κ3) is 11.3. The van der Waals surface area contributed by atoms with Crippen molar-refractivity contribution in [3.8, 4) is 0 Å². The van der Waals surface area contributed by atoms with Gasteiger partial charge in [0.05, 0.1) is 13.2 Å². The van der Waals surface area contributed by atoms with Crippen molar-refractivity contribution >= 4 is 23.5 Å². The molecular weight excluding hydrogens is 376 g/mol. The van der Waals surface area contributed by atoms with Crippen LogP contribution in [0, 0.1) is 5.41 Å². The van der Waals surface area contributed by atoms with E-state index in [9.17, 15) is 9.59 Å². The normalized spacial score (nSPS) is 11.4. The maximum atomic E-state index is 12.6. The van der Waals surface area contributed by atoms with E-state index >= 15 is 0 Å². The van der Waals surface area contributed by atoms with Crippen LogP contribution in [-0.2, 0) is 19.1 Å². The molecule has 0 saturated heterocycles. The van der Waals surface area contributed by atoms with Crippen molar-refractivity contribution < 1.29 is 19.1 Å². The van der Waals surface area contributed by atoms with Crippen LogP contribution >= 0.6 is 11.6 Å². The molecule has 0 atom stereocenters. The number of hydrogen-bond acceptors (Lipinski definition) is 4. The van der Waals surface area contributed by atoms with E-state index in [4.69, 9.17) is 21.1 Å². The second-order valence-corrected chi connectivity index (χ2v) is 8.02. The predicted molar refractivity (Wildman–Crippen MR) is 117 cm³/mol. The average Bonchev–Trinajstić information content (AvgIpc) is 2.70. The first-order chi connectivity index (χ1) is 13.6. The molecule has 0 spiro atoms. The Labute approximate surface area is 178 Å². The van der Waals surface area contributed by atoms with Crippen LogP contribution in [0.5, 0.6) is 0 Å². The summed E-state index contributed by atoms with van der Waals surface area (Å²) in [4.78, 5) is 25.2. The SMILES string of the molecule is CCCCCCCCOC(=O)C(CC)(CC)C(=O)OCCCCCCCCCl. The molecule has 0 bridgehead atoms. The summed E-state index contributed by atoms with van der Waals surface area (Å²) in [5, 5.41) is 0. The first-order valence-corrected chi connectivity index (χ1v) is 12.0. The molecule has 5 heteroatoms. The molecule has 0 rings (SSSR count). The summed E-state index contributed by atoms with van der Waals surface area (Å²) in [6.07, 6.45) is 14.0. The molecule has 28 heavy (non-hydrogen) atoms. The fourth-order valence-corrected chi connectivity index (χ4v) is 3.49. The Morgan fingerprint density at radius 2 is 1.04 bits per heavy atom. The zero-order valence-corrected chi connectivity index (χ0v) is 19.3. The van der Waals surface area contributed by atoms with Crippen molar-refractivity contribution in [3.05, 3.63) is 0 Å². The number of esters is 2. The molecule has 0 aromatic rings. The van der Waals surface area contributed by atoms with Crippen LogP contribution in [0.1, 0.15) is 111 Å². The van der Waals surface area contributed by atoms with Crippen molar-refractivity contribution in [2.24, 2.45) is 5.41 Å². The molecule has 166 valence electrons. The fourth-order valence-electron chi connectivity index (χ4n) is 3.30. The summed E-state index contributed by atoms with van der Waals surface area (Å²) < 4.78 is 10.9. The van der Waals surface area contributed by atoms with E-state index in [-0.39, 0.29) is 0 Å². The lowest BCUT2D eigenvalue weighted by atomic mass is 9.82. The smallest absolute Gasteiger partial charge is 0.323 e. The van der Waals surface area contributed by atoms with Gasteiger partial charge in [-0.3, -0.25) is 9.59 Å². The minimum Gasteiger partial charge on any atom is -0.465 e. The minimum absolute atomic E-state index is 0.376.